The zero-order valence-electron chi connectivity index (χ0n) is 12.9. The number of hydrogen-bond donors (Lipinski definition) is 2. The molecule has 0 amide bonds. The second kappa shape index (κ2) is 6.93. The van der Waals surface area contributed by atoms with Gasteiger partial charge in [-0.3, -0.25) is 0 Å². The fourth-order valence-corrected chi connectivity index (χ4v) is 4.36. The van der Waals surface area contributed by atoms with Crippen LogP contribution in [0.5, 0.6) is 0 Å². The normalized spacial score (nSPS) is 13.2. The molecule has 0 fully saturated rings. The summed E-state index contributed by atoms with van der Waals surface area (Å²) in [6.07, 6.45) is -5.61. The molecule has 0 saturated carbocycles. The molecule has 0 radical (unpaired) electrons. The molecule has 0 bridgehead atoms. The van der Waals surface area contributed by atoms with Gasteiger partial charge < -0.3 is 10.2 Å². The first-order valence-corrected chi connectivity index (χ1v) is 8.79. The van der Waals surface area contributed by atoms with Crippen LogP contribution >= 0.6 is 0 Å². The number of sulfone groups is 1. The molecule has 0 aromatic heterocycles. The summed E-state index contributed by atoms with van der Waals surface area (Å²) in [5, 5.41) is 16.5. The average molecular weight is 396 g/mol. The van der Waals surface area contributed by atoms with E-state index in [1.54, 1.807) is 0 Å². The van der Waals surface area contributed by atoms with Crippen molar-refractivity contribution < 1.29 is 40.6 Å². The highest BCUT2D eigenvalue weighted by atomic mass is 32.2. The first kappa shape index (κ1) is 20.3. The molecule has 10 heteroatoms. The maximum Gasteiger partial charge on any atom is 0.443 e. The van der Waals surface area contributed by atoms with Crippen LogP contribution in [0.3, 0.4) is 0 Å². The molecule has 0 unspecified atom stereocenters. The van der Waals surface area contributed by atoms with Crippen LogP contribution in [-0.2, 0) is 9.84 Å². The zero-order chi connectivity index (χ0) is 19.8. The number of rotatable bonds is 5. The molecule has 0 atom stereocenters. The SMILES string of the molecule is O=S(=O)(CC(O)(O)C(F)(F)F)C(c1ccc(F)cc1)c1ccc(F)cc1. The van der Waals surface area contributed by atoms with Crippen LogP contribution in [0, 0.1) is 11.6 Å². The summed E-state index contributed by atoms with van der Waals surface area (Å²) < 4.78 is 89.3. The van der Waals surface area contributed by atoms with Gasteiger partial charge in [0.25, 0.3) is 5.79 Å². The van der Waals surface area contributed by atoms with Crippen LogP contribution in [0.1, 0.15) is 16.4 Å². The Balaban J connectivity index is 2.56. The molecule has 0 aliphatic carbocycles. The lowest BCUT2D eigenvalue weighted by Crippen LogP contribution is -2.51. The molecule has 4 nitrogen and oxygen atoms in total. The Kier molecular flexibility index (Phi) is 5.41. The first-order chi connectivity index (χ1) is 11.8. The zero-order valence-corrected chi connectivity index (χ0v) is 13.7. The van der Waals surface area contributed by atoms with Gasteiger partial charge in [0.1, 0.15) is 22.6 Å². The van der Waals surface area contributed by atoms with Crippen LogP contribution < -0.4 is 0 Å². The summed E-state index contributed by atoms with van der Waals surface area (Å²) in [7, 11) is -4.86. The molecule has 0 aliphatic heterocycles. The lowest BCUT2D eigenvalue weighted by atomic mass is 10.0. The smallest absolute Gasteiger partial charge is 0.358 e. The van der Waals surface area contributed by atoms with Crippen molar-refractivity contribution in [2.75, 3.05) is 5.75 Å². The average Bonchev–Trinajstić information content (AvgIpc) is 2.49. The van der Waals surface area contributed by atoms with E-state index in [1.165, 1.54) is 0 Å². The molecule has 26 heavy (non-hydrogen) atoms. The van der Waals surface area contributed by atoms with E-state index in [-0.39, 0.29) is 11.1 Å². The van der Waals surface area contributed by atoms with Gasteiger partial charge in [0, 0.05) is 0 Å². The van der Waals surface area contributed by atoms with Crippen molar-refractivity contribution in [1.29, 1.82) is 0 Å². The molecular weight excluding hydrogens is 383 g/mol. The minimum absolute atomic E-state index is 0.115. The Labute approximate surface area is 145 Å². The molecular formula is C16H13F5O4S. The van der Waals surface area contributed by atoms with Gasteiger partial charge >= 0.3 is 6.18 Å². The molecule has 0 heterocycles. The number of benzene rings is 2. The maximum atomic E-state index is 13.1. The second-order valence-electron chi connectivity index (χ2n) is 5.60. The predicted octanol–water partition coefficient (Wildman–Crippen LogP) is 2.71. The van der Waals surface area contributed by atoms with Crippen LogP contribution in [0.2, 0.25) is 0 Å². The van der Waals surface area contributed by atoms with E-state index < -0.39 is 44.4 Å². The fraction of sp³-hybridized carbons (Fsp3) is 0.250. The summed E-state index contributed by atoms with van der Waals surface area (Å²) >= 11 is 0. The minimum atomic E-state index is -5.61. The van der Waals surface area contributed by atoms with Crippen LogP contribution in [0.15, 0.2) is 48.5 Å². The van der Waals surface area contributed by atoms with Crippen molar-refractivity contribution in [3.05, 3.63) is 71.3 Å². The molecule has 2 aromatic rings. The number of halogens is 5. The maximum absolute atomic E-state index is 13.1. The van der Waals surface area contributed by atoms with E-state index in [0.29, 0.717) is 0 Å². The van der Waals surface area contributed by atoms with Gasteiger partial charge in [-0.05, 0) is 35.4 Å². The minimum Gasteiger partial charge on any atom is -0.358 e. The third-order valence-electron chi connectivity index (χ3n) is 3.56. The van der Waals surface area contributed by atoms with Gasteiger partial charge in [0.2, 0.25) is 0 Å². The molecule has 0 aliphatic rings. The molecule has 0 spiro atoms. The molecule has 0 saturated heterocycles. The molecule has 2 rings (SSSR count). The van der Waals surface area contributed by atoms with Crippen molar-refractivity contribution in [2.45, 2.75) is 17.2 Å². The van der Waals surface area contributed by atoms with Gasteiger partial charge in [0.05, 0.1) is 0 Å². The summed E-state index contributed by atoms with van der Waals surface area (Å²) in [5.41, 5.74) is -0.230. The van der Waals surface area contributed by atoms with Gasteiger partial charge in [-0.25, -0.2) is 17.2 Å². The lowest BCUT2D eigenvalue weighted by Gasteiger charge is -2.27. The summed E-state index contributed by atoms with van der Waals surface area (Å²) in [6.45, 7) is 0. The quantitative estimate of drug-likeness (QED) is 0.602. The highest BCUT2D eigenvalue weighted by Crippen LogP contribution is 2.36. The van der Waals surface area contributed by atoms with Crippen LogP contribution in [-0.4, -0.2) is 36.3 Å². The number of aliphatic hydroxyl groups is 2. The third-order valence-corrected chi connectivity index (χ3v) is 5.63. The van der Waals surface area contributed by atoms with E-state index >= 15 is 0 Å². The highest BCUT2D eigenvalue weighted by Gasteiger charge is 2.56. The lowest BCUT2D eigenvalue weighted by molar-refractivity contribution is -0.337. The van der Waals surface area contributed by atoms with Crippen molar-refractivity contribution in [3.63, 3.8) is 0 Å². The van der Waals surface area contributed by atoms with Crippen LogP contribution in [0.25, 0.3) is 0 Å². The molecule has 142 valence electrons. The second-order valence-corrected chi connectivity index (χ2v) is 7.69. The highest BCUT2D eigenvalue weighted by molar-refractivity contribution is 7.91. The van der Waals surface area contributed by atoms with Crippen LogP contribution in [0.4, 0.5) is 22.0 Å². The summed E-state index contributed by atoms with van der Waals surface area (Å²) in [4.78, 5) is 0. The monoisotopic (exact) mass is 396 g/mol. The van der Waals surface area contributed by atoms with Gasteiger partial charge in [0.15, 0.2) is 9.84 Å². The molecule has 2 aromatic carbocycles. The van der Waals surface area contributed by atoms with Gasteiger partial charge in [-0.2, -0.15) is 13.2 Å². The van der Waals surface area contributed by atoms with Crippen molar-refractivity contribution in [2.24, 2.45) is 0 Å². The van der Waals surface area contributed by atoms with Crippen molar-refractivity contribution in [3.8, 4) is 0 Å². The first-order valence-electron chi connectivity index (χ1n) is 7.07. The Hall–Kier alpha value is -2.04. The Morgan fingerprint density at radius 2 is 1.15 bits per heavy atom. The van der Waals surface area contributed by atoms with Crippen molar-refractivity contribution in [1.82, 2.24) is 0 Å². The van der Waals surface area contributed by atoms with Gasteiger partial charge in [-0.1, -0.05) is 24.3 Å². The Bertz CT molecular complexity index is 814. The summed E-state index contributed by atoms with van der Waals surface area (Å²) in [6, 6.07) is 7.73. The molecule has 2 N–H and O–H groups in total. The van der Waals surface area contributed by atoms with E-state index in [0.717, 1.165) is 48.5 Å². The number of alkyl halides is 3. The predicted molar refractivity (Wildman–Crippen MR) is 81.7 cm³/mol. The Morgan fingerprint density at radius 1 is 0.808 bits per heavy atom. The summed E-state index contributed by atoms with van der Waals surface area (Å²) in [5.74, 6) is -7.96. The fourth-order valence-electron chi connectivity index (χ4n) is 2.33. The Morgan fingerprint density at radius 3 is 1.46 bits per heavy atom. The largest absolute Gasteiger partial charge is 0.443 e. The standard InChI is InChI=1S/C16H13F5O4S/c17-12-5-1-10(2-6-12)14(11-3-7-13(18)8-4-11)26(24,25)9-15(22,23)16(19,20)21/h1-8,14,22-23H,9H2. The van der Waals surface area contributed by atoms with E-state index in [9.17, 15) is 30.4 Å². The topological polar surface area (TPSA) is 74.6 Å². The van der Waals surface area contributed by atoms with Gasteiger partial charge in [-0.15, -0.1) is 0 Å². The van der Waals surface area contributed by atoms with E-state index in [4.69, 9.17) is 10.2 Å². The third kappa shape index (κ3) is 4.37. The van der Waals surface area contributed by atoms with Crippen molar-refractivity contribution >= 4 is 9.84 Å². The number of hydrogen-bond acceptors (Lipinski definition) is 4. The van der Waals surface area contributed by atoms with E-state index in [1.807, 2.05) is 0 Å². The van der Waals surface area contributed by atoms with E-state index in [2.05, 4.69) is 0 Å².